The van der Waals surface area contributed by atoms with Gasteiger partial charge < -0.3 is 10.2 Å². The zero-order valence-corrected chi connectivity index (χ0v) is 25.2. The Bertz CT molecular complexity index is 1430. The summed E-state index contributed by atoms with van der Waals surface area (Å²) in [4.78, 5) is 29.6. The van der Waals surface area contributed by atoms with E-state index in [4.69, 9.17) is 11.6 Å². The van der Waals surface area contributed by atoms with Gasteiger partial charge >= 0.3 is 0 Å². The zero-order chi connectivity index (χ0) is 29.4. The highest BCUT2D eigenvalue weighted by atomic mass is 35.5. The van der Waals surface area contributed by atoms with E-state index < -0.39 is 28.5 Å². The molecule has 0 unspecified atom stereocenters. The molecule has 1 atom stereocenters. The van der Waals surface area contributed by atoms with E-state index in [2.05, 4.69) is 5.32 Å². The standard InChI is InChI=1S/C32H38ClN3O4S/c1-24-18-19-28(21-29(24)33)36(41(2,39)40)23-31(37)35(22-26-14-8-4-9-15-26)30(20-25-12-6-3-7-13-25)32(38)34-27-16-10-5-11-17-27/h3-4,6-9,12-15,18-19,21,27,30H,5,10-11,16-17,20,22-23H2,1-2H3,(H,34,38)/t30-/m0/s1. The normalized spacial score (nSPS) is 14.7. The van der Waals surface area contributed by atoms with Crippen molar-refractivity contribution in [1.82, 2.24) is 10.2 Å². The molecule has 7 nitrogen and oxygen atoms in total. The molecule has 0 aliphatic heterocycles. The minimum atomic E-state index is -3.85. The fraction of sp³-hybridized carbons (Fsp3) is 0.375. The van der Waals surface area contributed by atoms with Gasteiger partial charge in [-0.2, -0.15) is 0 Å². The number of aryl methyl sites for hydroxylation is 1. The summed E-state index contributed by atoms with van der Waals surface area (Å²) in [6.45, 7) is 1.51. The third kappa shape index (κ3) is 8.57. The molecule has 1 aliphatic rings. The number of carbonyl (C=O) groups excluding carboxylic acids is 2. The van der Waals surface area contributed by atoms with Crippen LogP contribution in [-0.4, -0.2) is 50.0 Å². The maximum atomic E-state index is 14.2. The number of benzene rings is 3. The van der Waals surface area contributed by atoms with Crippen LogP contribution < -0.4 is 9.62 Å². The van der Waals surface area contributed by atoms with Crippen LogP contribution in [0.25, 0.3) is 0 Å². The first-order valence-corrected chi connectivity index (χ1v) is 16.3. The van der Waals surface area contributed by atoms with Gasteiger partial charge in [-0.15, -0.1) is 0 Å². The lowest BCUT2D eigenvalue weighted by atomic mass is 9.94. The van der Waals surface area contributed by atoms with Crippen LogP contribution in [-0.2, 0) is 32.6 Å². The van der Waals surface area contributed by atoms with Crippen molar-refractivity contribution in [3.8, 4) is 0 Å². The first kappa shape index (κ1) is 30.6. The minimum Gasteiger partial charge on any atom is -0.352 e. The van der Waals surface area contributed by atoms with Crippen LogP contribution in [0, 0.1) is 6.92 Å². The molecular formula is C32H38ClN3O4S. The Morgan fingerprint density at radius 3 is 2.12 bits per heavy atom. The van der Waals surface area contributed by atoms with Gasteiger partial charge in [0.2, 0.25) is 21.8 Å². The summed E-state index contributed by atoms with van der Waals surface area (Å²) in [5.41, 5.74) is 2.84. The number of nitrogens with one attached hydrogen (secondary N) is 1. The van der Waals surface area contributed by atoms with E-state index in [9.17, 15) is 18.0 Å². The maximum Gasteiger partial charge on any atom is 0.244 e. The third-order valence-corrected chi connectivity index (χ3v) is 9.09. The van der Waals surface area contributed by atoms with E-state index in [0.29, 0.717) is 17.1 Å². The molecule has 0 heterocycles. The lowest BCUT2D eigenvalue weighted by Crippen LogP contribution is -2.55. The van der Waals surface area contributed by atoms with E-state index in [-0.39, 0.29) is 18.5 Å². The van der Waals surface area contributed by atoms with Crippen molar-refractivity contribution >= 4 is 39.1 Å². The molecule has 0 aromatic heterocycles. The second-order valence-electron chi connectivity index (χ2n) is 10.8. The molecule has 0 saturated heterocycles. The van der Waals surface area contributed by atoms with Crippen molar-refractivity contribution in [3.05, 3.63) is 101 Å². The first-order chi connectivity index (χ1) is 19.6. The molecule has 0 bridgehead atoms. The Hall–Kier alpha value is -3.36. The largest absolute Gasteiger partial charge is 0.352 e. The second-order valence-corrected chi connectivity index (χ2v) is 13.1. The van der Waals surface area contributed by atoms with Gasteiger partial charge in [-0.3, -0.25) is 13.9 Å². The van der Waals surface area contributed by atoms with Crippen molar-refractivity contribution in [1.29, 1.82) is 0 Å². The number of hydrogen-bond acceptors (Lipinski definition) is 4. The van der Waals surface area contributed by atoms with Crippen LogP contribution >= 0.6 is 11.6 Å². The number of anilines is 1. The summed E-state index contributed by atoms with van der Waals surface area (Å²) in [6.07, 6.45) is 6.45. The summed E-state index contributed by atoms with van der Waals surface area (Å²) >= 11 is 6.32. The van der Waals surface area contributed by atoms with Gasteiger partial charge in [-0.05, 0) is 48.6 Å². The smallest absolute Gasteiger partial charge is 0.244 e. The van der Waals surface area contributed by atoms with E-state index in [1.54, 1.807) is 18.2 Å². The molecule has 41 heavy (non-hydrogen) atoms. The van der Waals surface area contributed by atoms with Gasteiger partial charge in [0.05, 0.1) is 11.9 Å². The molecule has 1 N–H and O–H groups in total. The Morgan fingerprint density at radius 2 is 1.54 bits per heavy atom. The Balaban J connectivity index is 1.71. The highest BCUT2D eigenvalue weighted by Gasteiger charge is 2.34. The number of rotatable bonds is 11. The summed E-state index contributed by atoms with van der Waals surface area (Å²) in [5.74, 6) is -0.704. The average molecular weight is 596 g/mol. The fourth-order valence-corrected chi connectivity index (χ4v) is 6.25. The fourth-order valence-electron chi connectivity index (χ4n) is 5.23. The molecule has 3 aromatic rings. The predicted octanol–water partition coefficient (Wildman–Crippen LogP) is 5.50. The molecule has 218 valence electrons. The molecule has 1 saturated carbocycles. The SMILES string of the molecule is Cc1ccc(N(CC(=O)N(Cc2ccccc2)[C@@H](Cc2ccccc2)C(=O)NC2CCCCC2)S(C)(=O)=O)cc1Cl. The topological polar surface area (TPSA) is 86.8 Å². The quantitative estimate of drug-likeness (QED) is 0.317. The monoisotopic (exact) mass is 595 g/mol. The highest BCUT2D eigenvalue weighted by Crippen LogP contribution is 2.26. The molecule has 0 radical (unpaired) electrons. The molecule has 1 fully saturated rings. The number of halogens is 1. The number of carbonyl (C=O) groups is 2. The molecule has 3 aromatic carbocycles. The van der Waals surface area contributed by atoms with Gasteiger partial charge in [0.25, 0.3) is 0 Å². The third-order valence-electron chi connectivity index (χ3n) is 7.54. The molecule has 0 spiro atoms. The number of nitrogens with zero attached hydrogens (tertiary/aromatic N) is 2. The molecule has 4 rings (SSSR count). The lowest BCUT2D eigenvalue weighted by Gasteiger charge is -2.35. The number of hydrogen-bond donors (Lipinski definition) is 1. The van der Waals surface area contributed by atoms with Crippen molar-refractivity contribution < 1.29 is 18.0 Å². The summed E-state index contributed by atoms with van der Waals surface area (Å²) < 4.78 is 26.9. The van der Waals surface area contributed by atoms with Gasteiger partial charge in [-0.1, -0.05) is 97.6 Å². The Morgan fingerprint density at radius 1 is 0.927 bits per heavy atom. The van der Waals surface area contributed by atoms with Gasteiger partial charge in [-0.25, -0.2) is 8.42 Å². The average Bonchev–Trinajstić information content (AvgIpc) is 2.96. The molecule has 2 amide bonds. The van der Waals surface area contributed by atoms with Crippen molar-refractivity contribution in [2.75, 3.05) is 17.1 Å². The summed E-state index contributed by atoms with van der Waals surface area (Å²) in [7, 11) is -3.85. The van der Waals surface area contributed by atoms with Gasteiger partial charge in [0.1, 0.15) is 12.6 Å². The first-order valence-electron chi connectivity index (χ1n) is 14.0. The van der Waals surface area contributed by atoms with E-state index in [0.717, 1.165) is 59.4 Å². The number of sulfonamides is 1. The van der Waals surface area contributed by atoms with Gasteiger partial charge in [0, 0.05) is 24.0 Å². The summed E-state index contributed by atoms with van der Waals surface area (Å²) in [5, 5.41) is 3.61. The van der Waals surface area contributed by atoms with Crippen LogP contribution in [0.5, 0.6) is 0 Å². The van der Waals surface area contributed by atoms with E-state index >= 15 is 0 Å². The van der Waals surface area contributed by atoms with Crippen molar-refractivity contribution in [2.45, 2.75) is 64.1 Å². The van der Waals surface area contributed by atoms with E-state index in [1.807, 2.05) is 67.6 Å². The van der Waals surface area contributed by atoms with Gasteiger partial charge in [0.15, 0.2) is 0 Å². The van der Waals surface area contributed by atoms with Crippen molar-refractivity contribution in [3.63, 3.8) is 0 Å². The predicted molar refractivity (Wildman–Crippen MR) is 164 cm³/mol. The molecular weight excluding hydrogens is 558 g/mol. The van der Waals surface area contributed by atoms with Crippen LogP contribution in [0.15, 0.2) is 78.9 Å². The maximum absolute atomic E-state index is 14.2. The van der Waals surface area contributed by atoms with Crippen LogP contribution in [0.4, 0.5) is 5.69 Å². The Kier molecular flexibility index (Phi) is 10.5. The van der Waals surface area contributed by atoms with E-state index in [1.165, 1.54) is 4.90 Å². The Labute approximate surface area is 248 Å². The lowest BCUT2D eigenvalue weighted by molar-refractivity contribution is -0.140. The number of amides is 2. The van der Waals surface area contributed by atoms with Crippen molar-refractivity contribution in [2.24, 2.45) is 0 Å². The zero-order valence-electron chi connectivity index (χ0n) is 23.6. The summed E-state index contributed by atoms with van der Waals surface area (Å²) in [6, 6.07) is 23.1. The van der Waals surface area contributed by atoms with Crippen LogP contribution in [0.1, 0.15) is 48.8 Å². The second kappa shape index (κ2) is 14.0. The molecule has 1 aliphatic carbocycles. The van der Waals surface area contributed by atoms with Crippen LogP contribution in [0.2, 0.25) is 5.02 Å². The highest BCUT2D eigenvalue weighted by molar-refractivity contribution is 7.92. The molecule has 9 heteroatoms. The van der Waals surface area contributed by atoms with Crippen LogP contribution in [0.3, 0.4) is 0 Å². The minimum absolute atomic E-state index is 0.0606.